The Balaban J connectivity index is 1.57. The van der Waals surface area contributed by atoms with Crippen LogP contribution in [0.2, 0.25) is 10.0 Å². The highest BCUT2D eigenvalue weighted by Crippen LogP contribution is 2.58. The molecule has 2 heterocycles. The summed E-state index contributed by atoms with van der Waals surface area (Å²) in [6.45, 7) is 0. The summed E-state index contributed by atoms with van der Waals surface area (Å²) in [5.41, 5.74) is -1.17. The van der Waals surface area contributed by atoms with Crippen LogP contribution in [-0.2, 0) is 14.3 Å². The van der Waals surface area contributed by atoms with Crippen molar-refractivity contribution in [2.24, 2.45) is 11.8 Å². The molecule has 0 aromatic heterocycles. The second kappa shape index (κ2) is 7.83. The topological polar surface area (TPSA) is 80.8 Å². The highest BCUT2D eigenvalue weighted by Gasteiger charge is 2.74. The van der Waals surface area contributed by atoms with E-state index >= 15 is 0 Å². The van der Waals surface area contributed by atoms with Gasteiger partial charge in [-0.15, -0.1) is 0 Å². The molecule has 2 fully saturated rings. The molecule has 2 aliphatic heterocycles. The Morgan fingerprint density at radius 3 is 2.06 bits per heavy atom. The van der Waals surface area contributed by atoms with E-state index in [1.54, 1.807) is 54.6 Å². The zero-order valence-corrected chi connectivity index (χ0v) is 20.8. The van der Waals surface area contributed by atoms with Crippen LogP contribution in [0.1, 0.15) is 32.4 Å². The molecule has 6 rings (SSSR count). The fourth-order valence-electron chi connectivity index (χ4n) is 5.38. The molecule has 1 aliphatic carbocycles. The molecular weight excluding hydrogens is 557 g/mol. The molecule has 3 aromatic rings. The summed E-state index contributed by atoms with van der Waals surface area (Å²) in [4.78, 5) is 56.2. The lowest BCUT2D eigenvalue weighted by atomic mass is 9.77. The van der Waals surface area contributed by atoms with Crippen molar-refractivity contribution >= 4 is 68.2 Å². The number of Topliss-reactive ketones (excluding diaryl/α,β-unsaturated/α-hetero) is 2. The zero-order chi connectivity index (χ0) is 24.6. The van der Waals surface area contributed by atoms with Crippen molar-refractivity contribution in [1.29, 1.82) is 0 Å². The van der Waals surface area contributed by atoms with E-state index < -0.39 is 46.9 Å². The molecule has 35 heavy (non-hydrogen) atoms. The maximum Gasteiger partial charge on any atom is 0.241 e. The van der Waals surface area contributed by atoms with Gasteiger partial charge in [-0.3, -0.25) is 19.2 Å². The van der Waals surface area contributed by atoms with Crippen molar-refractivity contribution in [2.45, 2.75) is 11.7 Å². The first-order chi connectivity index (χ1) is 16.8. The van der Waals surface area contributed by atoms with Crippen LogP contribution in [0.15, 0.2) is 71.2 Å². The minimum absolute atomic E-state index is 0.132. The van der Waals surface area contributed by atoms with E-state index in [2.05, 4.69) is 15.9 Å². The van der Waals surface area contributed by atoms with Crippen molar-refractivity contribution in [2.75, 3.05) is 4.90 Å². The van der Waals surface area contributed by atoms with Gasteiger partial charge in [-0.1, -0.05) is 75.5 Å². The van der Waals surface area contributed by atoms with Gasteiger partial charge in [-0.25, -0.2) is 4.90 Å². The molecule has 2 amide bonds. The summed E-state index contributed by atoms with van der Waals surface area (Å²) in [5, 5.41) is 0.354. The van der Waals surface area contributed by atoms with E-state index in [4.69, 9.17) is 27.9 Å². The number of ketones is 2. The van der Waals surface area contributed by atoms with Gasteiger partial charge in [0.05, 0.1) is 33.7 Å². The van der Waals surface area contributed by atoms with Gasteiger partial charge in [0.2, 0.25) is 29.0 Å². The number of hydrogen-bond donors (Lipinski definition) is 0. The molecule has 3 aromatic carbocycles. The van der Waals surface area contributed by atoms with Gasteiger partial charge in [0.25, 0.3) is 0 Å². The average molecular weight is 571 g/mol. The van der Waals surface area contributed by atoms with Crippen LogP contribution >= 0.6 is 39.1 Å². The fourth-order valence-corrected chi connectivity index (χ4v) is 6.06. The lowest BCUT2D eigenvalue weighted by Gasteiger charge is -2.27. The smallest absolute Gasteiger partial charge is 0.241 e. The highest BCUT2D eigenvalue weighted by molar-refractivity contribution is 9.10. The highest BCUT2D eigenvalue weighted by atomic mass is 79.9. The molecule has 0 N–H and O–H groups in total. The van der Waals surface area contributed by atoms with Gasteiger partial charge in [0.15, 0.2) is 0 Å². The van der Waals surface area contributed by atoms with E-state index in [9.17, 15) is 19.2 Å². The van der Waals surface area contributed by atoms with Crippen molar-refractivity contribution in [3.63, 3.8) is 0 Å². The van der Waals surface area contributed by atoms with Gasteiger partial charge in [0.1, 0.15) is 0 Å². The van der Waals surface area contributed by atoms with Gasteiger partial charge in [-0.2, -0.15) is 0 Å². The Morgan fingerprint density at radius 2 is 1.43 bits per heavy atom. The number of halogens is 3. The standard InChI is InChI=1S/C26H14BrCl2NO5/c27-12-8-10-13(11-9-12)30-24(33)18-19(25(30)34)26(22(31)14-4-1-2-5-15(14)23(26)32)35-21(18)16-6-3-7-17(28)20(16)29/h1-11,18-19,21H/t18-,19-,21+/m0/s1. The van der Waals surface area contributed by atoms with Gasteiger partial charge in [-0.05, 0) is 30.3 Å². The molecular formula is C26H14BrCl2NO5. The van der Waals surface area contributed by atoms with Gasteiger partial charge in [0, 0.05) is 21.2 Å². The molecule has 0 bridgehead atoms. The second-order valence-corrected chi connectivity index (χ2v) is 10.3. The van der Waals surface area contributed by atoms with Crippen LogP contribution in [0.3, 0.4) is 0 Å². The summed E-state index contributed by atoms with van der Waals surface area (Å²) in [6, 6.07) is 17.8. The van der Waals surface area contributed by atoms with Crippen LogP contribution in [-0.4, -0.2) is 29.0 Å². The lowest BCUT2D eigenvalue weighted by molar-refractivity contribution is -0.127. The monoisotopic (exact) mass is 569 g/mol. The molecule has 174 valence electrons. The normalized spacial score (nSPS) is 24.4. The third-order valence-corrected chi connectivity index (χ3v) is 8.25. The molecule has 3 atom stereocenters. The molecule has 6 nitrogen and oxygen atoms in total. The van der Waals surface area contributed by atoms with E-state index in [1.165, 1.54) is 12.1 Å². The number of carbonyl (C=O) groups excluding carboxylic acids is 4. The van der Waals surface area contributed by atoms with Crippen molar-refractivity contribution in [1.82, 2.24) is 0 Å². The van der Waals surface area contributed by atoms with Crippen LogP contribution < -0.4 is 4.90 Å². The Hall–Kier alpha value is -2.84. The maximum atomic E-state index is 13.9. The first-order valence-electron chi connectivity index (χ1n) is 10.7. The molecule has 0 saturated carbocycles. The second-order valence-electron chi connectivity index (χ2n) is 8.61. The number of amides is 2. The number of imide groups is 1. The van der Waals surface area contributed by atoms with Crippen molar-refractivity contribution in [3.8, 4) is 0 Å². The van der Waals surface area contributed by atoms with Gasteiger partial charge < -0.3 is 4.74 Å². The number of ether oxygens (including phenoxy) is 1. The summed E-state index contributed by atoms with van der Waals surface area (Å²) in [7, 11) is 0. The maximum absolute atomic E-state index is 13.9. The predicted octanol–water partition coefficient (Wildman–Crippen LogP) is 5.45. The minimum Gasteiger partial charge on any atom is -0.349 e. The van der Waals surface area contributed by atoms with Crippen LogP contribution in [0.5, 0.6) is 0 Å². The molecule has 3 aliphatic rings. The number of benzene rings is 3. The molecule has 9 heteroatoms. The Kier molecular flexibility index (Phi) is 5.06. The number of carbonyl (C=O) groups is 4. The first kappa shape index (κ1) is 22.6. The Labute approximate surface area is 217 Å². The number of rotatable bonds is 2. The lowest BCUT2D eigenvalue weighted by Crippen LogP contribution is -2.51. The van der Waals surface area contributed by atoms with E-state index in [0.717, 1.165) is 9.37 Å². The number of hydrogen-bond acceptors (Lipinski definition) is 5. The summed E-state index contributed by atoms with van der Waals surface area (Å²) >= 11 is 16.1. The van der Waals surface area contributed by atoms with Crippen molar-refractivity contribution in [3.05, 3.63) is 97.9 Å². The summed E-state index contributed by atoms with van der Waals surface area (Å²) in [5.74, 6) is -5.01. The number of anilines is 1. The minimum atomic E-state index is -2.17. The predicted molar refractivity (Wildman–Crippen MR) is 132 cm³/mol. The third kappa shape index (κ3) is 2.93. The number of nitrogens with zero attached hydrogens (tertiary/aromatic N) is 1. The van der Waals surface area contributed by atoms with Crippen LogP contribution in [0.25, 0.3) is 0 Å². The first-order valence-corrected chi connectivity index (χ1v) is 12.3. The zero-order valence-electron chi connectivity index (χ0n) is 17.7. The van der Waals surface area contributed by atoms with E-state index in [0.29, 0.717) is 11.3 Å². The molecule has 1 spiro atoms. The molecule has 0 radical (unpaired) electrons. The molecule has 0 unspecified atom stereocenters. The Morgan fingerprint density at radius 1 is 0.800 bits per heavy atom. The molecule has 2 saturated heterocycles. The van der Waals surface area contributed by atoms with Crippen molar-refractivity contribution < 1.29 is 23.9 Å². The quantitative estimate of drug-likeness (QED) is 0.302. The van der Waals surface area contributed by atoms with Gasteiger partial charge >= 0.3 is 0 Å². The summed E-state index contributed by atoms with van der Waals surface area (Å²) < 4.78 is 7.00. The SMILES string of the molecule is O=C1[C@@H]2[C@@H](c3cccc(Cl)c3Cl)OC3(C(=O)c4ccccc4C3=O)[C@@H]2C(=O)N1c1ccc(Br)cc1. The number of fused-ring (bicyclic) bond motifs is 3. The van der Waals surface area contributed by atoms with E-state index in [-0.39, 0.29) is 21.2 Å². The van der Waals surface area contributed by atoms with Crippen LogP contribution in [0.4, 0.5) is 5.69 Å². The average Bonchev–Trinajstić information content (AvgIpc) is 3.42. The van der Waals surface area contributed by atoms with E-state index in [1.807, 2.05) is 0 Å². The van der Waals surface area contributed by atoms with Crippen LogP contribution in [0, 0.1) is 11.8 Å². The third-order valence-electron chi connectivity index (χ3n) is 6.89. The Bertz CT molecular complexity index is 1440. The largest absolute Gasteiger partial charge is 0.349 e. The fraction of sp³-hybridized carbons (Fsp3) is 0.154. The summed E-state index contributed by atoms with van der Waals surface area (Å²) in [6.07, 6.45) is -1.13.